The zero-order valence-electron chi connectivity index (χ0n) is 10.00. The minimum absolute atomic E-state index is 0.580. The van der Waals surface area contributed by atoms with Gasteiger partial charge in [-0.2, -0.15) is 0 Å². The van der Waals surface area contributed by atoms with Gasteiger partial charge in [0.15, 0.2) is 0 Å². The maximum atomic E-state index is 6.00. The highest BCUT2D eigenvalue weighted by Crippen LogP contribution is 2.29. The molecule has 0 amide bonds. The lowest BCUT2D eigenvalue weighted by Crippen LogP contribution is -2.09. The summed E-state index contributed by atoms with van der Waals surface area (Å²) in [5.74, 6) is 1.47. The van der Waals surface area contributed by atoms with Crippen LogP contribution in [-0.2, 0) is 0 Å². The van der Waals surface area contributed by atoms with Crippen molar-refractivity contribution in [2.45, 2.75) is 13.8 Å². The Morgan fingerprint density at radius 1 is 1.35 bits per heavy atom. The first-order valence-electron chi connectivity index (χ1n) is 5.65. The number of aromatic nitrogens is 1. The first kappa shape index (κ1) is 12.2. The molecule has 2 aromatic rings. The fourth-order valence-corrected chi connectivity index (χ4v) is 2.19. The summed E-state index contributed by atoms with van der Waals surface area (Å²) in [4.78, 5) is 4.37. The van der Waals surface area contributed by atoms with Crippen LogP contribution in [0.3, 0.4) is 0 Å². The van der Waals surface area contributed by atoms with Gasteiger partial charge >= 0.3 is 0 Å². The van der Waals surface area contributed by atoms with Gasteiger partial charge < -0.3 is 11.1 Å². The van der Waals surface area contributed by atoms with Crippen LogP contribution in [0.15, 0.2) is 28.9 Å². The molecule has 0 saturated heterocycles. The van der Waals surface area contributed by atoms with Gasteiger partial charge in [-0.25, -0.2) is 4.98 Å². The van der Waals surface area contributed by atoms with Gasteiger partial charge in [-0.1, -0.05) is 29.8 Å². The number of fused-ring (bicyclic) bond motifs is 1. The number of nitrogens with two attached hydrogens (primary N) is 1. The molecule has 0 aliphatic heterocycles. The molecule has 0 saturated carbocycles. The molecule has 0 aliphatic carbocycles. The molecule has 0 bridgehead atoms. The van der Waals surface area contributed by atoms with E-state index in [4.69, 9.17) is 5.73 Å². The predicted molar refractivity (Wildman–Crippen MR) is 77.2 cm³/mol. The largest absolute Gasteiger partial charge is 0.398 e. The summed E-state index contributed by atoms with van der Waals surface area (Å²) in [6.45, 7) is 5.24. The van der Waals surface area contributed by atoms with Crippen LogP contribution in [0.2, 0.25) is 0 Å². The number of nitrogens with one attached hydrogen (secondary N) is 1. The van der Waals surface area contributed by atoms with E-state index in [2.05, 4.69) is 40.1 Å². The quantitative estimate of drug-likeness (QED) is 0.850. The van der Waals surface area contributed by atoms with E-state index >= 15 is 0 Å². The highest BCUT2D eigenvalue weighted by Gasteiger charge is 2.06. The molecule has 0 spiro atoms. The number of pyridine rings is 1. The summed E-state index contributed by atoms with van der Waals surface area (Å²) >= 11 is 3.46. The van der Waals surface area contributed by atoms with E-state index in [0.717, 1.165) is 33.3 Å². The van der Waals surface area contributed by atoms with Crippen molar-refractivity contribution < 1.29 is 0 Å². The minimum Gasteiger partial charge on any atom is -0.398 e. The van der Waals surface area contributed by atoms with Crippen LogP contribution in [0.5, 0.6) is 0 Å². The second-order valence-corrected chi connectivity index (χ2v) is 5.44. The minimum atomic E-state index is 0.580. The summed E-state index contributed by atoms with van der Waals surface area (Å²) in [6, 6.07) is 5.90. The van der Waals surface area contributed by atoms with Crippen molar-refractivity contribution in [2.24, 2.45) is 5.92 Å². The third-order valence-corrected chi connectivity index (χ3v) is 3.01. The number of anilines is 2. The van der Waals surface area contributed by atoms with Crippen molar-refractivity contribution in [1.82, 2.24) is 4.98 Å². The van der Waals surface area contributed by atoms with Gasteiger partial charge in [-0.15, -0.1) is 0 Å². The van der Waals surface area contributed by atoms with E-state index in [-0.39, 0.29) is 0 Å². The van der Waals surface area contributed by atoms with Crippen molar-refractivity contribution in [3.63, 3.8) is 0 Å². The second kappa shape index (κ2) is 4.92. The standard InChI is InChI=1S/C13H16BrN3/c1-8(2)7-17-13-11-5-9(14)6-12(15)10(11)3-4-16-13/h3-6,8H,7,15H2,1-2H3,(H,16,17). The van der Waals surface area contributed by atoms with Gasteiger partial charge in [0, 0.05) is 33.7 Å². The van der Waals surface area contributed by atoms with Gasteiger partial charge in [0.1, 0.15) is 5.82 Å². The van der Waals surface area contributed by atoms with Gasteiger partial charge in [-0.3, -0.25) is 0 Å². The van der Waals surface area contributed by atoms with Crippen LogP contribution >= 0.6 is 15.9 Å². The topological polar surface area (TPSA) is 50.9 Å². The normalized spacial score (nSPS) is 11.1. The van der Waals surface area contributed by atoms with E-state index in [9.17, 15) is 0 Å². The van der Waals surface area contributed by atoms with Crippen molar-refractivity contribution in [3.05, 3.63) is 28.9 Å². The van der Waals surface area contributed by atoms with Crippen LogP contribution in [-0.4, -0.2) is 11.5 Å². The van der Waals surface area contributed by atoms with E-state index in [1.165, 1.54) is 0 Å². The SMILES string of the molecule is CC(C)CNc1nccc2c(N)cc(Br)cc12. The van der Waals surface area contributed by atoms with E-state index in [1.807, 2.05) is 18.2 Å². The molecule has 2 rings (SSSR count). The van der Waals surface area contributed by atoms with Crippen LogP contribution in [0, 0.1) is 5.92 Å². The molecule has 1 aromatic heterocycles. The molecule has 1 aromatic carbocycles. The van der Waals surface area contributed by atoms with Crippen LogP contribution in [0.1, 0.15) is 13.8 Å². The molecule has 0 aliphatic rings. The molecule has 3 N–H and O–H groups in total. The Balaban J connectivity index is 2.49. The molecular formula is C13H16BrN3. The van der Waals surface area contributed by atoms with Gasteiger partial charge in [0.25, 0.3) is 0 Å². The smallest absolute Gasteiger partial charge is 0.133 e. The molecular weight excluding hydrogens is 278 g/mol. The van der Waals surface area contributed by atoms with Gasteiger partial charge in [0.2, 0.25) is 0 Å². The number of nitrogens with zero attached hydrogens (tertiary/aromatic N) is 1. The van der Waals surface area contributed by atoms with E-state index < -0.39 is 0 Å². The molecule has 17 heavy (non-hydrogen) atoms. The number of nitrogen functional groups attached to an aromatic ring is 1. The second-order valence-electron chi connectivity index (χ2n) is 4.52. The molecule has 0 fully saturated rings. The number of hydrogen-bond donors (Lipinski definition) is 2. The molecule has 0 unspecified atom stereocenters. The lowest BCUT2D eigenvalue weighted by atomic mass is 10.1. The summed E-state index contributed by atoms with van der Waals surface area (Å²) < 4.78 is 0.975. The van der Waals surface area contributed by atoms with Crippen LogP contribution < -0.4 is 11.1 Å². The third-order valence-electron chi connectivity index (χ3n) is 2.55. The highest BCUT2D eigenvalue weighted by molar-refractivity contribution is 9.10. The molecule has 0 radical (unpaired) electrons. The monoisotopic (exact) mass is 293 g/mol. The Bertz CT molecular complexity index is 537. The van der Waals surface area contributed by atoms with Crippen molar-refractivity contribution in [2.75, 3.05) is 17.6 Å². The molecule has 90 valence electrons. The fraction of sp³-hybridized carbons (Fsp3) is 0.308. The molecule has 1 heterocycles. The Hall–Kier alpha value is -1.29. The van der Waals surface area contributed by atoms with Gasteiger partial charge in [-0.05, 0) is 24.1 Å². The average molecular weight is 294 g/mol. The molecule has 4 heteroatoms. The summed E-state index contributed by atoms with van der Waals surface area (Å²) in [5, 5.41) is 5.45. The Labute approximate surface area is 110 Å². The molecule has 0 atom stereocenters. The zero-order valence-corrected chi connectivity index (χ0v) is 11.6. The third kappa shape index (κ3) is 2.69. The van der Waals surface area contributed by atoms with E-state index in [1.54, 1.807) is 6.20 Å². The number of rotatable bonds is 3. The van der Waals surface area contributed by atoms with Gasteiger partial charge in [0.05, 0.1) is 0 Å². The number of hydrogen-bond acceptors (Lipinski definition) is 3. The Morgan fingerprint density at radius 2 is 2.12 bits per heavy atom. The Morgan fingerprint density at radius 3 is 2.82 bits per heavy atom. The number of halogens is 1. The van der Waals surface area contributed by atoms with Crippen molar-refractivity contribution in [3.8, 4) is 0 Å². The lowest BCUT2D eigenvalue weighted by Gasteiger charge is -2.12. The van der Waals surface area contributed by atoms with Crippen molar-refractivity contribution >= 4 is 38.2 Å². The summed E-state index contributed by atoms with van der Waals surface area (Å²) in [7, 11) is 0. The fourth-order valence-electron chi connectivity index (χ4n) is 1.72. The first-order chi connectivity index (χ1) is 8.08. The van der Waals surface area contributed by atoms with Crippen molar-refractivity contribution in [1.29, 1.82) is 0 Å². The predicted octanol–water partition coefficient (Wildman–Crippen LogP) is 3.65. The first-order valence-corrected chi connectivity index (χ1v) is 6.45. The zero-order chi connectivity index (χ0) is 12.4. The average Bonchev–Trinajstić information content (AvgIpc) is 2.26. The maximum Gasteiger partial charge on any atom is 0.133 e. The summed E-state index contributed by atoms with van der Waals surface area (Å²) in [5.41, 5.74) is 6.76. The van der Waals surface area contributed by atoms with Crippen LogP contribution in [0.4, 0.5) is 11.5 Å². The maximum absolute atomic E-state index is 6.00. The van der Waals surface area contributed by atoms with E-state index in [0.29, 0.717) is 5.92 Å². The lowest BCUT2D eigenvalue weighted by molar-refractivity contribution is 0.687. The van der Waals surface area contributed by atoms with Crippen LogP contribution in [0.25, 0.3) is 10.8 Å². The summed E-state index contributed by atoms with van der Waals surface area (Å²) in [6.07, 6.45) is 1.79. The highest BCUT2D eigenvalue weighted by atomic mass is 79.9. The number of benzene rings is 1. The molecule has 3 nitrogen and oxygen atoms in total. The Kier molecular flexibility index (Phi) is 3.52.